The standard InChI is InChI=1S/C23H25ClN4O3S/c1-14(26-8-4-10-32-3)28-19-6-5-15(11-18(19)24)31-21-7-9-27-20-13-22(30-2)17(23(25)29)12-16(20)21/h5-7,9,11-13,26,28H,1,4,8,10H2,2-3H3,(H2,25,29). The Bertz CT molecular complexity index is 1140. The third-order valence-corrected chi connectivity index (χ3v) is 5.62. The zero-order valence-corrected chi connectivity index (χ0v) is 19.5. The molecule has 32 heavy (non-hydrogen) atoms. The number of fused-ring (bicyclic) bond motifs is 1. The number of hydrogen-bond donors (Lipinski definition) is 3. The number of nitrogens with zero attached hydrogens (tertiary/aromatic N) is 1. The molecule has 0 fully saturated rings. The van der Waals surface area contributed by atoms with E-state index in [1.54, 1.807) is 36.5 Å². The molecule has 0 aliphatic rings. The zero-order valence-electron chi connectivity index (χ0n) is 17.9. The summed E-state index contributed by atoms with van der Waals surface area (Å²) in [6.45, 7) is 4.81. The summed E-state index contributed by atoms with van der Waals surface area (Å²) < 4.78 is 11.3. The Balaban J connectivity index is 1.79. The second-order valence-electron chi connectivity index (χ2n) is 6.86. The van der Waals surface area contributed by atoms with Gasteiger partial charge in [-0.3, -0.25) is 9.78 Å². The first-order valence-corrected chi connectivity index (χ1v) is 11.6. The van der Waals surface area contributed by atoms with E-state index in [1.807, 2.05) is 17.8 Å². The van der Waals surface area contributed by atoms with Crippen LogP contribution >= 0.6 is 23.4 Å². The monoisotopic (exact) mass is 472 g/mol. The van der Waals surface area contributed by atoms with Crippen LogP contribution in [0.15, 0.2) is 55.0 Å². The Hall–Kier alpha value is -3.10. The lowest BCUT2D eigenvalue weighted by atomic mass is 10.1. The number of methoxy groups -OCH3 is 1. The molecule has 1 heterocycles. The normalized spacial score (nSPS) is 10.6. The van der Waals surface area contributed by atoms with Crippen LogP contribution in [-0.4, -0.2) is 36.6 Å². The summed E-state index contributed by atoms with van der Waals surface area (Å²) in [5.41, 5.74) is 7.06. The molecular weight excluding hydrogens is 448 g/mol. The van der Waals surface area contributed by atoms with Gasteiger partial charge in [0.15, 0.2) is 0 Å². The van der Waals surface area contributed by atoms with Crippen molar-refractivity contribution in [3.8, 4) is 17.2 Å². The number of amides is 1. The van der Waals surface area contributed by atoms with Gasteiger partial charge in [0.1, 0.15) is 17.2 Å². The highest BCUT2D eigenvalue weighted by molar-refractivity contribution is 7.98. The highest BCUT2D eigenvalue weighted by atomic mass is 35.5. The van der Waals surface area contributed by atoms with Gasteiger partial charge in [0, 0.05) is 30.3 Å². The highest BCUT2D eigenvalue weighted by Crippen LogP contribution is 2.35. The van der Waals surface area contributed by atoms with E-state index >= 15 is 0 Å². The Labute approximate surface area is 196 Å². The molecule has 9 heteroatoms. The Morgan fingerprint density at radius 2 is 2.06 bits per heavy atom. The van der Waals surface area contributed by atoms with Crippen molar-refractivity contribution in [2.75, 3.05) is 31.0 Å². The van der Waals surface area contributed by atoms with Gasteiger partial charge in [-0.25, -0.2) is 0 Å². The number of primary amides is 1. The number of carbonyl (C=O) groups is 1. The Kier molecular flexibility index (Phi) is 8.08. The number of aromatic nitrogens is 1. The number of benzene rings is 2. The van der Waals surface area contributed by atoms with Gasteiger partial charge in [-0.05, 0) is 42.7 Å². The van der Waals surface area contributed by atoms with Crippen LogP contribution in [0.2, 0.25) is 5.02 Å². The van der Waals surface area contributed by atoms with Crippen LogP contribution in [0, 0.1) is 0 Å². The number of anilines is 1. The van der Waals surface area contributed by atoms with E-state index in [9.17, 15) is 4.79 Å². The Morgan fingerprint density at radius 1 is 1.25 bits per heavy atom. The van der Waals surface area contributed by atoms with Gasteiger partial charge in [0.25, 0.3) is 5.91 Å². The van der Waals surface area contributed by atoms with E-state index < -0.39 is 5.91 Å². The molecule has 0 aliphatic carbocycles. The quantitative estimate of drug-likeness (QED) is 0.337. The fraction of sp³-hybridized carbons (Fsp3) is 0.217. The fourth-order valence-electron chi connectivity index (χ4n) is 3.05. The molecule has 0 atom stereocenters. The molecule has 7 nitrogen and oxygen atoms in total. The van der Waals surface area contributed by atoms with Crippen LogP contribution < -0.4 is 25.8 Å². The number of halogens is 1. The van der Waals surface area contributed by atoms with Crippen molar-refractivity contribution >= 4 is 45.9 Å². The van der Waals surface area contributed by atoms with E-state index in [1.165, 1.54) is 7.11 Å². The van der Waals surface area contributed by atoms with E-state index in [2.05, 4.69) is 28.5 Å². The van der Waals surface area contributed by atoms with Crippen molar-refractivity contribution in [3.05, 3.63) is 65.6 Å². The van der Waals surface area contributed by atoms with Crippen LogP contribution in [0.1, 0.15) is 16.8 Å². The summed E-state index contributed by atoms with van der Waals surface area (Å²) in [6, 6.07) is 10.3. The number of carbonyl (C=O) groups excluding carboxylic acids is 1. The van der Waals surface area contributed by atoms with Crippen LogP contribution in [0.3, 0.4) is 0 Å². The molecule has 2 aromatic carbocycles. The van der Waals surface area contributed by atoms with Crippen molar-refractivity contribution in [1.29, 1.82) is 0 Å². The molecule has 0 bridgehead atoms. The molecule has 3 rings (SSSR count). The van der Waals surface area contributed by atoms with Crippen LogP contribution in [0.5, 0.6) is 17.2 Å². The van der Waals surface area contributed by atoms with Gasteiger partial charge in [0.2, 0.25) is 0 Å². The number of thioether (sulfide) groups is 1. The second kappa shape index (κ2) is 11.0. The first kappa shape index (κ1) is 23.6. The van der Waals surface area contributed by atoms with Gasteiger partial charge in [-0.1, -0.05) is 18.2 Å². The topological polar surface area (TPSA) is 98.5 Å². The predicted octanol–water partition coefficient (Wildman–Crippen LogP) is 5.01. The molecule has 0 unspecified atom stereocenters. The maximum absolute atomic E-state index is 11.8. The summed E-state index contributed by atoms with van der Waals surface area (Å²) in [5, 5.41) is 7.50. The van der Waals surface area contributed by atoms with Crippen molar-refractivity contribution in [1.82, 2.24) is 10.3 Å². The molecule has 0 saturated carbocycles. The third-order valence-electron chi connectivity index (χ3n) is 4.61. The molecule has 3 aromatic rings. The molecule has 4 N–H and O–H groups in total. The average Bonchev–Trinajstić information content (AvgIpc) is 2.77. The van der Waals surface area contributed by atoms with Gasteiger partial charge in [-0.2, -0.15) is 11.8 Å². The van der Waals surface area contributed by atoms with E-state index in [-0.39, 0.29) is 5.56 Å². The second-order valence-corrected chi connectivity index (χ2v) is 8.26. The summed E-state index contributed by atoms with van der Waals surface area (Å²) in [7, 11) is 1.47. The number of pyridine rings is 1. The number of rotatable bonds is 11. The van der Waals surface area contributed by atoms with Crippen LogP contribution in [-0.2, 0) is 0 Å². The predicted molar refractivity (Wildman–Crippen MR) is 132 cm³/mol. The number of ether oxygens (including phenoxy) is 2. The molecule has 0 spiro atoms. The first-order chi connectivity index (χ1) is 15.4. The molecule has 0 saturated heterocycles. The maximum atomic E-state index is 11.8. The van der Waals surface area contributed by atoms with Gasteiger partial charge >= 0.3 is 0 Å². The fourth-order valence-corrected chi connectivity index (χ4v) is 3.70. The molecule has 1 aromatic heterocycles. The van der Waals surface area contributed by atoms with Gasteiger partial charge in [-0.15, -0.1) is 0 Å². The van der Waals surface area contributed by atoms with E-state index in [0.29, 0.717) is 44.7 Å². The maximum Gasteiger partial charge on any atom is 0.252 e. The summed E-state index contributed by atoms with van der Waals surface area (Å²) >= 11 is 8.25. The zero-order chi connectivity index (χ0) is 23.1. The molecule has 1 amide bonds. The number of nitrogens with one attached hydrogen (secondary N) is 2. The summed E-state index contributed by atoms with van der Waals surface area (Å²) in [6.07, 6.45) is 4.75. The first-order valence-electron chi connectivity index (χ1n) is 9.85. The number of hydrogen-bond acceptors (Lipinski definition) is 7. The third kappa shape index (κ3) is 5.77. The minimum atomic E-state index is -0.598. The molecule has 0 radical (unpaired) electrons. The lowest BCUT2D eigenvalue weighted by Crippen LogP contribution is -2.20. The van der Waals surface area contributed by atoms with E-state index in [4.69, 9.17) is 26.8 Å². The summed E-state index contributed by atoms with van der Waals surface area (Å²) in [4.78, 5) is 16.1. The minimum Gasteiger partial charge on any atom is -0.496 e. The lowest BCUT2D eigenvalue weighted by molar-refractivity contribution is 0.0997. The van der Waals surface area contributed by atoms with Gasteiger partial charge in [0.05, 0.1) is 34.7 Å². The highest BCUT2D eigenvalue weighted by Gasteiger charge is 2.15. The molecule has 0 aliphatic heterocycles. The largest absolute Gasteiger partial charge is 0.496 e. The van der Waals surface area contributed by atoms with Crippen molar-refractivity contribution in [3.63, 3.8) is 0 Å². The number of nitrogens with two attached hydrogens (primary N) is 1. The van der Waals surface area contributed by atoms with Crippen molar-refractivity contribution in [2.45, 2.75) is 6.42 Å². The van der Waals surface area contributed by atoms with Gasteiger partial charge < -0.3 is 25.8 Å². The molecular formula is C23H25ClN4O3S. The smallest absolute Gasteiger partial charge is 0.252 e. The van der Waals surface area contributed by atoms with E-state index in [0.717, 1.165) is 18.7 Å². The van der Waals surface area contributed by atoms with Crippen LogP contribution in [0.25, 0.3) is 10.9 Å². The van der Waals surface area contributed by atoms with Crippen LogP contribution in [0.4, 0.5) is 5.69 Å². The average molecular weight is 473 g/mol. The lowest BCUT2D eigenvalue weighted by Gasteiger charge is -2.15. The molecule has 168 valence electrons. The SMILES string of the molecule is C=C(NCCCSC)Nc1ccc(Oc2ccnc3cc(OC)c(C(N)=O)cc23)cc1Cl. The summed E-state index contributed by atoms with van der Waals surface area (Å²) in [5.74, 6) is 2.56. The van der Waals surface area contributed by atoms with Crippen molar-refractivity contribution < 1.29 is 14.3 Å². The Morgan fingerprint density at radius 3 is 2.75 bits per heavy atom. The van der Waals surface area contributed by atoms with Crippen molar-refractivity contribution in [2.24, 2.45) is 5.73 Å². The minimum absolute atomic E-state index is 0.249.